The molecule has 1 aliphatic rings. The molecule has 1 saturated carbocycles. The number of methoxy groups -OCH3 is 1. The van der Waals surface area contributed by atoms with Gasteiger partial charge in [-0.05, 0) is 56.0 Å². The van der Waals surface area contributed by atoms with E-state index in [4.69, 9.17) is 9.47 Å². The Morgan fingerprint density at radius 2 is 2.00 bits per heavy atom. The fourth-order valence-corrected chi connectivity index (χ4v) is 3.30. The predicted octanol–water partition coefficient (Wildman–Crippen LogP) is 3.68. The molecule has 0 radical (unpaired) electrons. The summed E-state index contributed by atoms with van der Waals surface area (Å²) in [6.45, 7) is 9.77. The fraction of sp³-hybridized carbons (Fsp3) is 0.682. The lowest BCUT2D eigenvalue weighted by Gasteiger charge is -2.31. The molecule has 2 rings (SSSR count). The Balaban J connectivity index is 0.00000420. The average molecular weight is 518 g/mol. The summed E-state index contributed by atoms with van der Waals surface area (Å²) in [4.78, 5) is 6.81. The second-order valence-corrected chi connectivity index (χ2v) is 7.27. The van der Waals surface area contributed by atoms with Crippen molar-refractivity contribution in [3.05, 3.63) is 29.8 Å². The van der Waals surface area contributed by atoms with Crippen LogP contribution in [0.3, 0.4) is 0 Å². The van der Waals surface area contributed by atoms with E-state index in [1.807, 2.05) is 13.1 Å². The van der Waals surface area contributed by atoms with Gasteiger partial charge < -0.3 is 20.1 Å². The predicted molar refractivity (Wildman–Crippen MR) is 132 cm³/mol. The van der Waals surface area contributed by atoms with Crippen molar-refractivity contribution in [2.24, 2.45) is 10.9 Å². The van der Waals surface area contributed by atoms with Gasteiger partial charge in [0.15, 0.2) is 5.96 Å². The van der Waals surface area contributed by atoms with E-state index in [9.17, 15) is 0 Å². The van der Waals surface area contributed by atoms with E-state index in [-0.39, 0.29) is 30.0 Å². The number of rotatable bonds is 13. The van der Waals surface area contributed by atoms with Crippen LogP contribution in [-0.4, -0.2) is 64.4 Å². The summed E-state index contributed by atoms with van der Waals surface area (Å²) >= 11 is 0. The van der Waals surface area contributed by atoms with Crippen LogP contribution in [-0.2, 0) is 4.74 Å². The minimum absolute atomic E-state index is 0. The van der Waals surface area contributed by atoms with E-state index in [0.717, 1.165) is 63.4 Å². The lowest BCUT2D eigenvalue weighted by molar-refractivity contribution is 0.123. The first-order valence-electron chi connectivity index (χ1n) is 10.6. The molecule has 0 aliphatic heterocycles. The molecule has 1 unspecified atom stereocenters. The Morgan fingerprint density at radius 1 is 1.24 bits per heavy atom. The zero-order chi connectivity index (χ0) is 20.2. The van der Waals surface area contributed by atoms with Crippen LogP contribution in [0.15, 0.2) is 29.3 Å². The lowest BCUT2D eigenvalue weighted by atomic mass is 10.0. The number of nitrogens with zero attached hydrogens (tertiary/aromatic N) is 2. The summed E-state index contributed by atoms with van der Waals surface area (Å²) < 4.78 is 11.1. The topological polar surface area (TPSA) is 58.1 Å². The van der Waals surface area contributed by atoms with E-state index >= 15 is 0 Å². The smallest absolute Gasteiger partial charge is 0.191 e. The first-order valence-corrected chi connectivity index (χ1v) is 10.6. The van der Waals surface area contributed by atoms with Crippen LogP contribution in [0.25, 0.3) is 0 Å². The van der Waals surface area contributed by atoms with Crippen LogP contribution in [0, 0.1) is 5.92 Å². The number of guanidine groups is 1. The molecule has 0 amide bonds. The number of aliphatic imine (C=N–C) groups is 1. The maximum Gasteiger partial charge on any atom is 0.191 e. The molecule has 0 saturated heterocycles. The monoisotopic (exact) mass is 518 g/mol. The van der Waals surface area contributed by atoms with Crippen molar-refractivity contribution in [2.75, 3.05) is 53.6 Å². The van der Waals surface area contributed by atoms with Gasteiger partial charge in [-0.15, -0.1) is 24.0 Å². The van der Waals surface area contributed by atoms with Gasteiger partial charge in [-0.1, -0.05) is 26.0 Å². The number of hydrogen-bond donors (Lipinski definition) is 2. The summed E-state index contributed by atoms with van der Waals surface area (Å²) in [5.41, 5.74) is 1.25. The molecule has 166 valence electrons. The minimum Gasteiger partial charge on any atom is -0.497 e. The summed E-state index contributed by atoms with van der Waals surface area (Å²) in [6.07, 6.45) is 3.67. The van der Waals surface area contributed by atoms with E-state index < -0.39 is 0 Å². The van der Waals surface area contributed by atoms with Crippen LogP contribution in [0.5, 0.6) is 5.75 Å². The van der Waals surface area contributed by atoms with E-state index in [0.29, 0.717) is 0 Å². The Hall–Kier alpha value is -1.06. The summed E-state index contributed by atoms with van der Waals surface area (Å²) in [5.74, 6) is 2.56. The van der Waals surface area contributed by atoms with E-state index in [1.54, 1.807) is 7.11 Å². The third kappa shape index (κ3) is 9.53. The zero-order valence-electron chi connectivity index (χ0n) is 18.4. The quantitative estimate of drug-likeness (QED) is 0.181. The van der Waals surface area contributed by atoms with Crippen molar-refractivity contribution >= 4 is 29.9 Å². The first-order chi connectivity index (χ1) is 13.7. The zero-order valence-corrected chi connectivity index (χ0v) is 20.8. The van der Waals surface area contributed by atoms with Crippen LogP contribution in [0.1, 0.15) is 44.7 Å². The van der Waals surface area contributed by atoms with Gasteiger partial charge in [0.1, 0.15) is 5.75 Å². The highest BCUT2D eigenvalue weighted by molar-refractivity contribution is 14.0. The number of likely N-dealkylation sites (N-methyl/N-ethyl adjacent to an activating group) is 1. The second kappa shape index (κ2) is 14.8. The fourth-order valence-electron chi connectivity index (χ4n) is 3.30. The van der Waals surface area contributed by atoms with Crippen LogP contribution < -0.4 is 15.4 Å². The molecule has 1 fully saturated rings. The number of hydrogen-bond acceptors (Lipinski definition) is 4. The molecule has 29 heavy (non-hydrogen) atoms. The third-order valence-corrected chi connectivity index (χ3v) is 5.23. The van der Waals surface area contributed by atoms with Crippen molar-refractivity contribution in [2.45, 2.75) is 39.2 Å². The molecule has 0 heterocycles. The molecule has 1 atom stereocenters. The minimum atomic E-state index is 0. The van der Waals surface area contributed by atoms with Crippen molar-refractivity contribution in [1.82, 2.24) is 15.5 Å². The van der Waals surface area contributed by atoms with E-state index in [2.05, 4.69) is 52.6 Å². The summed E-state index contributed by atoms with van der Waals surface area (Å²) in [7, 11) is 3.53. The van der Waals surface area contributed by atoms with Crippen LogP contribution in [0.4, 0.5) is 0 Å². The number of benzene rings is 1. The molecule has 1 aromatic carbocycles. The summed E-state index contributed by atoms with van der Waals surface area (Å²) in [5, 5.41) is 6.88. The molecule has 6 nitrogen and oxygen atoms in total. The highest BCUT2D eigenvalue weighted by Crippen LogP contribution is 2.28. The molecule has 1 aromatic rings. The van der Waals surface area contributed by atoms with Crippen LogP contribution in [0.2, 0.25) is 0 Å². The highest BCUT2D eigenvalue weighted by Gasteiger charge is 2.21. The lowest BCUT2D eigenvalue weighted by Crippen LogP contribution is -2.43. The number of nitrogens with one attached hydrogen (secondary N) is 2. The maximum absolute atomic E-state index is 5.69. The van der Waals surface area contributed by atoms with Crippen molar-refractivity contribution in [3.63, 3.8) is 0 Å². The van der Waals surface area contributed by atoms with Gasteiger partial charge in [0.2, 0.25) is 0 Å². The number of halogens is 1. The number of ether oxygens (including phenoxy) is 2. The van der Waals surface area contributed by atoms with Gasteiger partial charge in [0.05, 0.1) is 13.2 Å². The first kappa shape index (κ1) is 26.0. The molecule has 7 heteroatoms. The van der Waals surface area contributed by atoms with Gasteiger partial charge >= 0.3 is 0 Å². The van der Waals surface area contributed by atoms with Crippen molar-refractivity contribution in [3.8, 4) is 5.75 Å². The normalized spacial score (nSPS) is 15.0. The Labute approximate surface area is 193 Å². The van der Waals surface area contributed by atoms with Crippen molar-refractivity contribution < 1.29 is 9.47 Å². The Morgan fingerprint density at radius 3 is 2.62 bits per heavy atom. The van der Waals surface area contributed by atoms with Gasteiger partial charge in [0.25, 0.3) is 0 Å². The summed E-state index contributed by atoms with van der Waals surface area (Å²) in [6, 6.07) is 8.59. The molecule has 0 bridgehead atoms. The maximum atomic E-state index is 5.69. The van der Waals surface area contributed by atoms with Gasteiger partial charge in [-0.25, -0.2) is 0 Å². The van der Waals surface area contributed by atoms with E-state index in [1.165, 1.54) is 18.4 Å². The molecular formula is C22H39IN4O2. The van der Waals surface area contributed by atoms with Gasteiger partial charge in [0, 0.05) is 33.4 Å². The average Bonchev–Trinajstić information content (AvgIpc) is 3.56. The largest absolute Gasteiger partial charge is 0.497 e. The Bertz CT molecular complexity index is 592. The molecule has 2 N–H and O–H groups in total. The van der Waals surface area contributed by atoms with Gasteiger partial charge in [-0.3, -0.25) is 9.89 Å². The molecule has 1 aliphatic carbocycles. The third-order valence-electron chi connectivity index (χ3n) is 5.23. The highest BCUT2D eigenvalue weighted by atomic mass is 127. The molecule has 0 aromatic heterocycles. The van der Waals surface area contributed by atoms with Crippen LogP contribution >= 0.6 is 24.0 Å². The molecule has 0 spiro atoms. The second-order valence-electron chi connectivity index (χ2n) is 7.27. The standard InChI is InChI=1S/C22H38N4O2.HI/c1-5-26(6-2)21(19-9-7-10-20(15-19)27-4)16-25-22(23-3)24-13-8-14-28-17-18-11-12-18;/h7,9-10,15,18,21H,5-6,8,11-14,16-17H2,1-4H3,(H2,23,24,25);1H. The SMILES string of the molecule is CCN(CC)C(CNC(=NC)NCCCOCC1CC1)c1cccc(OC)c1.I. The molecular weight excluding hydrogens is 479 g/mol. The Kier molecular flexibility index (Phi) is 13.3. The van der Waals surface area contributed by atoms with Gasteiger partial charge in [-0.2, -0.15) is 0 Å². The van der Waals surface area contributed by atoms with Crippen molar-refractivity contribution in [1.29, 1.82) is 0 Å².